The molecule has 1 aromatic rings. The first kappa shape index (κ1) is 20.5. The molecule has 22 heavy (non-hydrogen) atoms. The zero-order valence-corrected chi connectivity index (χ0v) is 13.2. The van der Waals surface area contributed by atoms with Crippen LogP contribution in [0.5, 0.6) is 5.75 Å². The third-order valence-electron chi connectivity index (χ3n) is 2.80. The van der Waals surface area contributed by atoms with Crippen molar-refractivity contribution in [3.63, 3.8) is 0 Å². The van der Waals surface area contributed by atoms with E-state index in [1.807, 2.05) is 6.92 Å². The summed E-state index contributed by atoms with van der Waals surface area (Å²) in [6.07, 6.45) is -3.08. The Balaban J connectivity index is 0.00000441. The Morgan fingerprint density at radius 1 is 1.27 bits per heavy atom. The molecule has 0 aliphatic carbocycles. The van der Waals surface area contributed by atoms with E-state index in [2.05, 4.69) is 10.1 Å². The van der Waals surface area contributed by atoms with E-state index in [1.165, 1.54) is 24.3 Å². The Bertz CT molecular complexity index is 476. The average molecular weight is 341 g/mol. The van der Waals surface area contributed by atoms with Crippen LogP contribution in [0.15, 0.2) is 24.3 Å². The van der Waals surface area contributed by atoms with Gasteiger partial charge in [0.1, 0.15) is 5.75 Å². The van der Waals surface area contributed by atoms with Gasteiger partial charge < -0.3 is 15.8 Å². The minimum Gasteiger partial charge on any atom is -0.484 e. The van der Waals surface area contributed by atoms with Gasteiger partial charge in [-0.3, -0.25) is 4.79 Å². The highest BCUT2D eigenvalue weighted by Gasteiger charge is 2.29. The second-order valence-corrected chi connectivity index (χ2v) is 5.05. The van der Waals surface area contributed by atoms with Crippen molar-refractivity contribution in [3.8, 4) is 5.75 Å². The summed E-state index contributed by atoms with van der Waals surface area (Å²) in [5.74, 6) is -0.261. The number of hydrogen-bond acceptors (Lipinski definition) is 3. The van der Waals surface area contributed by atoms with Crippen LogP contribution in [0.25, 0.3) is 0 Å². The molecule has 0 fully saturated rings. The summed E-state index contributed by atoms with van der Waals surface area (Å²) in [5, 5.41) is 2.62. The van der Waals surface area contributed by atoms with E-state index in [0.717, 1.165) is 6.42 Å². The third kappa shape index (κ3) is 7.00. The minimum absolute atomic E-state index is 0. The molecule has 0 saturated carbocycles. The molecule has 0 aliphatic heterocycles. The highest BCUT2D eigenvalue weighted by molar-refractivity contribution is 5.97. The Morgan fingerprint density at radius 3 is 2.27 bits per heavy atom. The molecular formula is C14H20ClF3N2O2. The van der Waals surface area contributed by atoms with Gasteiger partial charge in [0.25, 0.3) is 0 Å². The number of ether oxygens (including phenoxy) is 1. The van der Waals surface area contributed by atoms with Crippen molar-refractivity contribution in [2.45, 2.75) is 38.4 Å². The first-order chi connectivity index (χ1) is 9.64. The lowest BCUT2D eigenvalue weighted by atomic mass is 9.96. The molecule has 8 heteroatoms. The predicted molar refractivity (Wildman–Crippen MR) is 81.4 cm³/mol. The van der Waals surface area contributed by atoms with Crippen molar-refractivity contribution >= 4 is 24.0 Å². The number of rotatable bonds is 6. The quantitative estimate of drug-likeness (QED) is 0.833. The highest BCUT2D eigenvalue weighted by atomic mass is 35.5. The van der Waals surface area contributed by atoms with E-state index in [-0.39, 0.29) is 24.1 Å². The van der Waals surface area contributed by atoms with Crippen molar-refractivity contribution in [3.05, 3.63) is 24.3 Å². The molecule has 0 spiro atoms. The van der Waals surface area contributed by atoms with Crippen molar-refractivity contribution in [2.75, 3.05) is 11.9 Å². The smallest absolute Gasteiger partial charge is 0.422 e. The van der Waals surface area contributed by atoms with Gasteiger partial charge in [-0.05, 0) is 37.6 Å². The van der Waals surface area contributed by atoms with Crippen LogP contribution >= 0.6 is 12.4 Å². The number of nitrogens with two attached hydrogens (primary N) is 1. The summed E-state index contributed by atoms with van der Waals surface area (Å²) in [6.45, 7) is 2.20. The van der Waals surface area contributed by atoms with Gasteiger partial charge in [-0.25, -0.2) is 0 Å². The number of carbonyl (C=O) groups is 1. The fourth-order valence-corrected chi connectivity index (χ4v) is 1.71. The largest absolute Gasteiger partial charge is 0.484 e. The van der Waals surface area contributed by atoms with Crippen LogP contribution in [0, 0.1) is 0 Å². The van der Waals surface area contributed by atoms with E-state index in [1.54, 1.807) is 6.92 Å². The Labute approximate surface area is 133 Å². The number of anilines is 1. The van der Waals surface area contributed by atoms with Crippen LogP contribution in [-0.2, 0) is 4.79 Å². The van der Waals surface area contributed by atoms with Crippen LogP contribution in [-0.4, -0.2) is 24.2 Å². The van der Waals surface area contributed by atoms with Gasteiger partial charge >= 0.3 is 6.18 Å². The maximum atomic E-state index is 12.0. The lowest BCUT2D eigenvalue weighted by Gasteiger charge is -2.22. The van der Waals surface area contributed by atoms with Crippen molar-refractivity contribution < 1.29 is 22.7 Å². The average Bonchev–Trinajstić information content (AvgIpc) is 2.37. The molecule has 0 aromatic heterocycles. The normalized spacial score (nSPS) is 13.7. The fraction of sp³-hybridized carbons (Fsp3) is 0.500. The van der Waals surface area contributed by atoms with E-state index < -0.39 is 18.3 Å². The summed E-state index contributed by atoms with van der Waals surface area (Å²) in [6, 6.07) is 5.64. The van der Waals surface area contributed by atoms with Crippen molar-refractivity contribution in [1.29, 1.82) is 0 Å². The van der Waals surface area contributed by atoms with E-state index in [0.29, 0.717) is 12.1 Å². The Kier molecular flexibility index (Phi) is 7.69. The molecule has 1 unspecified atom stereocenters. The number of hydrogen-bond donors (Lipinski definition) is 2. The molecule has 3 N–H and O–H groups in total. The number of benzene rings is 1. The number of nitrogens with one attached hydrogen (secondary N) is 1. The molecule has 126 valence electrons. The van der Waals surface area contributed by atoms with Crippen LogP contribution in [0.1, 0.15) is 26.7 Å². The van der Waals surface area contributed by atoms with Gasteiger partial charge in [0.05, 0.1) is 5.54 Å². The summed E-state index contributed by atoms with van der Waals surface area (Å²) in [7, 11) is 0. The van der Waals surface area contributed by atoms with E-state index in [4.69, 9.17) is 5.73 Å². The molecule has 1 atom stereocenters. The molecule has 0 radical (unpaired) electrons. The van der Waals surface area contributed by atoms with Crippen LogP contribution in [0.3, 0.4) is 0 Å². The highest BCUT2D eigenvalue weighted by Crippen LogP contribution is 2.21. The number of alkyl halides is 3. The van der Waals surface area contributed by atoms with Crippen LogP contribution in [0.2, 0.25) is 0 Å². The topological polar surface area (TPSA) is 64.4 Å². The number of carbonyl (C=O) groups excluding carboxylic acids is 1. The van der Waals surface area contributed by atoms with Gasteiger partial charge in [0.15, 0.2) is 6.61 Å². The molecule has 0 heterocycles. The first-order valence-electron chi connectivity index (χ1n) is 6.54. The molecular weight excluding hydrogens is 321 g/mol. The second kappa shape index (κ2) is 8.24. The third-order valence-corrected chi connectivity index (χ3v) is 2.80. The molecule has 0 saturated heterocycles. The summed E-state index contributed by atoms with van der Waals surface area (Å²) in [5.41, 5.74) is 5.35. The van der Waals surface area contributed by atoms with Crippen LogP contribution < -0.4 is 15.8 Å². The van der Waals surface area contributed by atoms with E-state index >= 15 is 0 Å². The van der Waals surface area contributed by atoms with Crippen molar-refractivity contribution in [1.82, 2.24) is 0 Å². The second-order valence-electron chi connectivity index (χ2n) is 5.05. The standard InChI is InChI=1S/C14H19F3N2O2.ClH/c1-3-8-13(2,18)12(20)19-10-4-6-11(7-5-10)21-9-14(15,16)17;/h4-7H,3,8-9,18H2,1-2H3,(H,19,20);1H. The first-order valence-corrected chi connectivity index (χ1v) is 6.54. The number of amides is 1. The molecule has 4 nitrogen and oxygen atoms in total. The monoisotopic (exact) mass is 340 g/mol. The van der Waals surface area contributed by atoms with Crippen LogP contribution in [0.4, 0.5) is 18.9 Å². The van der Waals surface area contributed by atoms with Gasteiger partial charge in [0.2, 0.25) is 5.91 Å². The zero-order chi connectivity index (χ0) is 16.1. The maximum Gasteiger partial charge on any atom is 0.422 e. The summed E-state index contributed by atoms with van der Waals surface area (Å²) < 4.78 is 40.6. The maximum absolute atomic E-state index is 12.0. The molecule has 0 bridgehead atoms. The van der Waals surface area contributed by atoms with Crippen molar-refractivity contribution in [2.24, 2.45) is 5.73 Å². The van der Waals surface area contributed by atoms with E-state index in [9.17, 15) is 18.0 Å². The molecule has 1 rings (SSSR count). The van der Waals surface area contributed by atoms with Gasteiger partial charge in [-0.1, -0.05) is 13.3 Å². The minimum atomic E-state index is -4.38. The van der Waals surface area contributed by atoms with Gasteiger partial charge in [-0.2, -0.15) is 13.2 Å². The summed E-state index contributed by atoms with van der Waals surface area (Å²) in [4.78, 5) is 12.0. The molecule has 1 amide bonds. The lowest BCUT2D eigenvalue weighted by molar-refractivity contribution is -0.153. The Morgan fingerprint density at radius 2 is 1.82 bits per heavy atom. The molecule has 0 aliphatic rings. The summed E-state index contributed by atoms with van der Waals surface area (Å²) >= 11 is 0. The van der Waals surface area contributed by atoms with Gasteiger partial charge in [0, 0.05) is 5.69 Å². The predicted octanol–water partition coefficient (Wildman–Crippen LogP) is 3.51. The molecule has 1 aromatic carbocycles. The Hall–Kier alpha value is -1.47. The lowest BCUT2D eigenvalue weighted by Crippen LogP contribution is -2.48. The zero-order valence-electron chi connectivity index (χ0n) is 12.4. The number of halogens is 4. The SMILES string of the molecule is CCCC(C)(N)C(=O)Nc1ccc(OCC(F)(F)F)cc1.Cl. The fourth-order valence-electron chi connectivity index (χ4n) is 1.71. The van der Waals surface area contributed by atoms with Gasteiger partial charge in [-0.15, -0.1) is 12.4 Å².